The lowest BCUT2D eigenvalue weighted by molar-refractivity contribution is -0.141. The van der Waals surface area contributed by atoms with Gasteiger partial charge in [0.15, 0.2) is 0 Å². The second-order valence-corrected chi connectivity index (χ2v) is 11.2. The summed E-state index contributed by atoms with van der Waals surface area (Å²) in [5.74, 6) is -0.744. The number of hydrogen-bond acceptors (Lipinski definition) is 7. The van der Waals surface area contributed by atoms with Crippen molar-refractivity contribution in [2.75, 3.05) is 27.3 Å². The van der Waals surface area contributed by atoms with Crippen molar-refractivity contribution in [2.24, 2.45) is 0 Å². The summed E-state index contributed by atoms with van der Waals surface area (Å²) in [6, 6.07) is 21.3. The van der Waals surface area contributed by atoms with Gasteiger partial charge in [-0.25, -0.2) is 4.79 Å². The topological polar surface area (TPSA) is 72.8 Å². The van der Waals surface area contributed by atoms with Crippen molar-refractivity contribution >= 4 is 33.5 Å². The molecular formula is C31H35N3O4S. The van der Waals surface area contributed by atoms with Crippen LogP contribution in [0.15, 0.2) is 60.7 Å². The number of carbonyl (C=O) groups excluding carboxylic acids is 2. The Morgan fingerprint density at radius 3 is 2.49 bits per heavy atom. The number of nitrogens with zero attached hydrogens (tertiary/aromatic N) is 2. The quantitative estimate of drug-likeness (QED) is 0.277. The summed E-state index contributed by atoms with van der Waals surface area (Å²) in [4.78, 5) is 28.2. The second-order valence-electron chi connectivity index (χ2n) is 10.2. The third-order valence-corrected chi connectivity index (χ3v) is 8.63. The summed E-state index contributed by atoms with van der Waals surface area (Å²) in [6.45, 7) is 7.38. The number of likely N-dealkylation sites (tertiary alicyclic amines) is 1. The molecule has 1 N–H and O–H groups in total. The molecule has 39 heavy (non-hydrogen) atoms. The van der Waals surface area contributed by atoms with Gasteiger partial charge in [0.1, 0.15) is 11.4 Å². The van der Waals surface area contributed by atoms with Gasteiger partial charge in [0.25, 0.3) is 0 Å². The van der Waals surface area contributed by atoms with Crippen molar-refractivity contribution in [3.8, 4) is 22.4 Å². The third kappa shape index (κ3) is 5.50. The molecule has 4 aromatic rings. The first-order valence-electron chi connectivity index (χ1n) is 13.3. The molecule has 8 heteroatoms. The van der Waals surface area contributed by atoms with Crippen LogP contribution < -0.4 is 5.32 Å². The maximum atomic E-state index is 12.7. The van der Waals surface area contributed by atoms with E-state index in [1.807, 2.05) is 34.9 Å². The number of fused-ring (bicyclic) bond motifs is 1. The number of rotatable bonds is 9. The zero-order chi connectivity index (χ0) is 27.5. The molecule has 0 radical (unpaired) electrons. The monoisotopic (exact) mass is 545 g/mol. The largest absolute Gasteiger partial charge is 0.468 e. The minimum absolute atomic E-state index is 0.0280. The molecule has 1 fully saturated rings. The molecule has 2 aromatic heterocycles. The smallest absolute Gasteiger partial charge is 0.348 e. The van der Waals surface area contributed by atoms with Gasteiger partial charge in [0.05, 0.1) is 30.1 Å². The van der Waals surface area contributed by atoms with Gasteiger partial charge >= 0.3 is 11.9 Å². The van der Waals surface area contributed by atoms with Gasteiger partial charge in [-0.1, -0.05) is 54.6 Å². The lowest BCUT2D eigenvalue weighted by Crippen LogP contribution is -2.34. The molecular weight excluding hydrogens is 510 g/mol. The van der Waals surface area contributed by atoms with Crippen LogP contribution in [0.25, 0.3) is 32.6 Å². The van der Waals surface area contributed by atoms with Crippen molar-refractivity contribution in [3.63, 3.8) is 0 Å². The minimum atomic E-state index is -0.391. The fraction of sp³-hybridized carbons (Fsp3) is 0.355. The lowest BCUT2D eigenvalue weighted by Gasteiger charge is -2.21. The summed E-state index contributed by atoms with van der Waals surface area (Å²) < 4.78 is 13.0. The fourth-order valence-corrected chi connectivity index (χ4v) is 6.57. The molecule has 5 rings (SSSR count). The maximum Gasteiger partial charge on any atom is 0.348 e. The molecule has 1 saturated heterocycles. The van der Waals surface area contributed by atoms with E-state index in [4.69, 9.17) is 9.47 Å². The predicted octanol–water partition coefficient (Wildman–Crippen LogP) is 5.57. The van der Waals surface area contributed by atoms with Gasteiger partial charge in [-0.15, -0.1) is 11.3 Å². The van der Waals surface area contributed by atoms with Crippen LogP contribution in [0.4, 0.5) is 0 Å². The van der Waals surface area contributed by atoms with Crippen molar-refractivity contribution in [1.82, 2.24) is 14.8 Å². The second kappa shape index (κ2) is 11.7. The van der Waals surface area contributed by atoms with Gasteiger partial charge in [0, 0.05) is 36.3 Å². The molecule has 1 aliphatic rings. The molecule has 0 bridgehead atoms. The highest BCUT2D eigenvalue weighted by molar-refractivity contribution is 7.21. The minimum Gasteiger partial charge on any atom is -0.468 e. The molecule has 0 aliphatic carbocycles. The predicted molar refractivity (Wildman–Crippen MR) is 156 cm³/mol. The molecule has 2 aromatic carbocycles. The first-order valence-corrected chi connectivity index (χ1v) is 14.1. The van der Waals surface area contributed by atoms with Crippen LogP contribution in [0.1, 0.15) is 35.5 Å². The van der Waals surface area contributed by atoms with E-state index >= 15 is 0 Å². The van der Waals surface area contributed by atoms with E-state index in [-0.39, 0.29) is 12.5 Å². The Morgan fingerprint density at radius 1 is 1.05 bits per heavy atom. The normalized spacial score (nSPS) is 15.8. The van der Waals surface area contributed by atoms with Crippen molar-refractivity contribution in [3.05, 3.63) is 71.1 Å². The Bertz CT molecular complexity index is 1470. The van der Waals surface area contributed by atoms with Crippen LogP contribution in [0.3, 0.4) is 0 Å². The number of nitrogens with one attached hydrogen (secondary N) is 1. The van der Waals surface area contributed by atoms with Crippen molar-refractivity contribution in [1.29, 1.82) is 0 Å². The van der Waals surface area contributed by atoms with E-state index in [2.05, 4.69) is 54.4 Å². The summed E-state index contributed by atoms with van der Waals surface area (Å²) in [5.41, 5.74) is 5.97. The van der Waals surface area contributed by atoms with E-state index in [1.165, 1.54) is 25.6 Å². The highest BCUT2D eigenvalue weighted by atomic mass is 32.1. The van der Waals surface area contributed by atoms with E-state index in [0.29, 0.717) is 23.5 Å². The Hall–Kier alpha value is -3.46. The van der Waals surface area contributed by atoms with Gasteiger partial charge in [0.2, 0.25) is 0 Å². The van der Waals surface area contributed by atoms with E-state index < -0.39 is 5.97 Å². The average Bonchev–Trinajstić information content (AvgIpc) is 3.67. The zero-order valence-electron chi connectivity index (χ0n) is 22.9. The highest BCUT2D eigenvalue weighted by Gasteiger charge is 2.28. The summed E-state index contributed by atoms with van der Waals surface area (Å²) in [5, 5.41) is 3.78. The fourth-order valence-electron chi connectivity index (χ4n) is 5.42. The van der Waals surface area contributed by atoms with Gasteiger partial charge in [-0.3, -0.25) is 9.69 Å². The molecule has 1 aliphatic heterocycles. The van der Waals surface area contributed by atoms with Gasteiger partial charge < -0.3 is 19.4 Å². The molecule has 0 unspecified atom stereocenters. The lowest BCUT2D eigenvalue weighted by atomic mass is 9.97. The molecule has 0 saturated carbocycles. The number of hydrogen-bond donors (Lipinski definition) is 1. The number of methoxy groups -OCH3 is 2. The van der Waals surface area contributed by atoms with E-state index in [0.717, 1.165) is 57.7 Å². The van der Waals surface area contributed by atoms with Crippen LogP contribution in [0.5, 0.6) is 0 Å². The maximum absolute atomic E-state index is 12.7. The Kier molecular flexibility index (Phi) is 8.16. The molecule has 0 spiro atoms. The van der Waals surface area contributed by atoms with E-state index in [9.17, 15) is 9.59 Å². The van der Waals surface area contributed by atoms with Gasteiger partial charge in [-0.2, -0.15) is 0 Å². The summed E-state index contributed by atoms with van der Waals surface area (Å²) >= 11 is 1.39. The Balaban J connectivity index is 1.65. The number of carbonyl (C=O) groups is 2. The number of aromatic nitrogens is 1. The van der Waals surface area contributed by atoms with Crippen LogP contribution in [0.2, 0.25) is 0 Å². The van der Waals surface area contributed by atoms with Crippen LogP contribution >= 0.6 is 11.3 Å². The highest BCUT2D eigenvalue weighted by Crippen LogP contribution is 2.45. The number of benzene rings is 2. The van der Waals surface area contributed by atoms with E-state index in [1.54, 1.807) is 0 Å². The van der Waals surface area contributed by atoms with Crippen LogP contribution in [-0.4, -0.2) is 60.8 Å². The molecule has 204 valence electrons. The number of ether oxygens (including phenoxy) is 2. The number of esters is 2. The zero-order valence-corrected chi connectivity index (χ0v) is 23.7. The summed E-state index contributed by atoms with van der Waals surface area (Å²) in [7, 11) is 2.78. The third-order valence-electron chi connectivity index (χ3n) is 7.50. The molecule has 1 atom stereocenters. The average molecular weight is 546 g/mol. The van der Waals surface area contributed by atoms with Crippen LogP contribution in [-0.2, 0) is 27.4 Å². The first-order chi connectivity index (χ1) is 18.9. The molecule has 7 nitrogen and oxygen atoms in total. The summed E-state index contributed by atoms with van der Waals surface area (Å²) in [6.07, 6.45) is 1.13. The van der Waals surface area contributed by atoms with Gasteiger partial charge in [-0.05, 0) is 44.0 Å². The Morgan fingerprint density at radius 2 is 1.79 bits per heavy atom. The molecule has 0 amide bonds. The SMILES string of the molecule is COC(=O)Cn1c(-c2ccccc2CN[C@H]2CCN(C(C)C)C2)c(-c2ccccc2)c2sc(C(=O)OC)cc21. The first kappa shape index (κ1) is 27.1. The molecule has 3 heterocycles. The van der Waals surface area contributed by atoms with Crippen LogP contribution in [0, 0.1) is 0 Å². The van der Waals surface area contributed by atoms with Crippen molar-refractivity contribution < 1.29 is 19.1 Å². The Labute approximate surface area is 233 Å². The standard InChI is InChI=1S/C31H35N3O4S/c1-20(2)33-15-14-23(18-33)32-17-22-12-8-9-13-24(22)29-28(21-10-6-5-7-11-21)30-25(34(29)19-27(35)37-3)16-26(39-30)31(36)38-4/h5-13,16,20,23,32H,14-15,17-19H2,1-4H3/t23-/m0/s1. The van der Waals surface area contributed by atoms with Crippen molar-refractivity contribution in [2.45, 2.75) is 45.4 Å². The number of thiophene rings is 1.